The molecule has 0 heterocycles. The topological polar surface area (TPSA) is 124 Å². The third kappa shape index (κ3) is 15.0. The van der Waals surface area contributed by atoms with Crippen molar-refractivity contribution < 1.29 is 47.6 Å². The number of esters is 4. The van der Waals surface area contributed by atoms with Gasteiger partial charge in [-0.3, -0.25) is 9.59 Å². The number of hydrogen-bond acceptors (Lipinski definition) is 10. The first-order valence-electron chi connectivity index (χ1n) is 18.1. The van der Waals surface area contributed by atoms with E-state index in [4.69, 9.17) is 28.4 Å². The SMILES string of the molecule is C=CC(=O)OCC(COc1ccccc1)OC(=O)CC1CCC(CC2CCC(CC(=O)OC(COC(=O)C=C)COc3ccccc3)CC2)CC1. The molecule has 0 aromatic heterocycles. The fourth-order valence-electron chi connectivity index (χ4n) is 6.87. The standard InChI is InChI=1S/C41H52O10/c1-3-38(42)48-28-36(26-46-34-11-7-5-8-12-34)50-40(44)24-32-19-15-30(16-20-32)23-31-17-21-33(22-18-31)25-41(45)51-37(29-49-39(43)4-2)27-47-35-13-9-6-10-14-35/h3-14,30-33,36-37H,1-2,15-29H2. The third-order valence-electron chi connectivity index (χ3n) is 9.62. The second-order valence-corrected chi connectivity index (χ2v) is 13.6. The van der Waals surface area contributed by atoms with Crippen LogP contribution in [0.1, 0.15) is 70.6 Å². The highest BCUT2D eigenvalue weighted by Gasteiger charge is 2.30. The smallest absolute Gasteiger partial charge is 0.330 e. The van der Waals surface area contributed by atoms with Gasteiger partial charge in [-0.25, -0.2) is 9.59 Å². The van der Waals surface area contributed by atoms with E-state index >= 15 is 0 Å². The highest BCUT2D eigenvalue weighted by molar-refractivity contribution is 5.81. The Hall–Kier alpha value is -4.60. The van der Waals surface area contributed by atoms with Crippen molar-refractivity contribution in [3.63, 3.8) is 0 Å². The number of carbonyl (C=O) groups excluding carboxylic acids is 4. The molecule has 2 aromatic rings. The van der Waals surface area contributed by atoms with E-state index in [0.717, 1.165) is 63.5 Å². The summed E-state index contributed by atoms with van der Waals surface area (Å²) in [5, 5.41) is 0. The van der Waals surface area contributed by atoms with Crippen LogP contribution in [0.2, 0.25) is 0 Å². The monoisotopic (exact) mass is 704 g/mol. The number of carbonyl (C=O) groups is 4. The molecule has 2 aliphatic rings. The maximum atomic E-state index is 12.9. The molecule has 10 nitrogen and oxygen atoms in total. The van der Waals surface area contributed by atoms with Gasteiger partial charge in [0.05, 0.1) is 0 Å². The van der Waals surface area contributed by atoms with Gasteiger partial charge in [-0.05, 0) is 80.0 Å². The van der Waals surface area contributed by atoms with Crippen molar-refractivity contribution in [2.24, 2.45) is 23.7 Å². The zero-order valence-electron chi connectivity index (χ0n) is 29.5. The second kappa shape index (κ2) is 21.6. The zero-order valence-corrected chi connectivity index (χ0v) is 29.5. The minimum Gasteiger partial charge on any atom is -0.490 e. The molecule has 0 bridgehead atoms. The van der Waals surface area contributed by atoms with Gasteiger partial charge in [-0.2, -0.15) is 0 Å². The summed E-state index contributed by atoms with van der Waals surface area (Å²) >= 11 is 0. The molecule has 0 saturated heterocycles. The average Bonchev–Trinajstić information content (AvgIpc) is 3.15. The van der Waals surface area contributed by atoms with Crippen molar-refractivity contribution >= 4 is 23.9 Å². The Morgan fingerprint density at radius 1 is 0.549 bits per heavy atom. The Bertz CT molecular complexity index is 1270. The molecule has 0 amide bonds. The van der Waals surface area contributed by atoms with Gasteiger partial charge < -0.3 is 28.4 Å². The zero-order chi connectivity index (χ0) is 36.3. The van der Waals surface area contributed by atoms with Crippen molar-refractivity contribution in [1.29, 1.82) is 0 Å². The summed E-state index contributed by atoms with van der Waals surface area (Å²) in [4.78, 5) is 49.0. The Balaban J connectivity index is 1.13. The van der Waals surface area contributed by atoms with E-state index in [1.807, 2.05) is 60.7 Å². The van der Waals surface area contributed by atoms with Gasteiger partial charge in [0.2, 0.25) is 0 Å². The molecule has 10 heteroatoms. The Kier molecular flexibility index (Phi) is 16.6. The van der Waals surface area contributed by atoms with Gasteiger partial charge in [-0.15, -0.1) is 0 Å². The van der Waals surface area contributed by atoms with Gasteiger partial charge in [0.15, 0.2) is 12.2 Å². The maximum absolute atomic E-state index is 12.9. The summed E-state index contributed by atoms with van der Waals surface area (Å²) in [6, 6.07) is 18.4. The van der Waals surface area contributed by atoms with E-state index < -0.39 is 24.1 Å². The van der Waals surface area contributed by atoms with Gasteiger partial charge >= 0.3 is 23.9 Å². The van der Waals surface area contributed by atoms with Crippen LogP contribution < -0.4 is 9.47 Å². The molecule has 2 saturated carbocycles. The normalized spacial score (nSPS) is 21.2. The first-order valence-corrected chi connectivity index (χ1v) is 18.1. The molecule has 51 heavy (non-hydrogen) atoms. The van der Waals surface area contributed by atoms with Crippen molar-refractivity contribution in [3.05, 3.63) is 86.0 Å². The second-order valence-electron chi connectivity index (χ2n) is 13.6. The van der Waals surface area contributed by atoms with E-state index in [-0.39, 0.29) is 50.2 Å². The number of hydrogen-bond donors (Lipinski definition) is 0. The van der Waals surface area contributed by atoms with Crippen LogP contribution in [0.5, 0.6) is 11.5 Å². The largest absolute Gasteiger partial charge is 0.490 e. The number of benzene rings is 2. The highest BCUT2D eigenvalue weighted by atomic mass is 16.6. The predicted molar refractivity (Wildman–Crippen MR) is 191 cm³/mol. The minimum absolute atomic E-state index is 0.0772. The van der Waals surface area contributed by atoms with E-state index in [9.17, 15) is 19.2 Å². The molecule has 2 unspecified atom stereocenters. The van der Waals surface area contributed by atoms with Crippen LogP contribution in [0.4, 0.5) is 0 Å². The first kappa shape index (κ1) is 39.2. The third-order valence-corrected chi connectivity index (χ3v) is 9.62. The van der Waals surface area contributed by atoms with Gasteiger partial charge in [-0.1, -0.05) is 75.2 Å². The van der Waals surface area contributed by atoms with Crippen LogP contribution in [0.3, 0.4) is 0 Å². The summed E-state index contributed by atoms with van der Waals surface area (Å²) in [5.41, 5.74) is 0. The molecular weight excluding hydrogens is 652 g/mol. The predicted octanol–water partition coefficient (Wildman–Crippen LogP) is 7.21. The van der Waals surface area contributed by atoms with Crippen LogP contribution in [-0.4, -0.2) is 62.5 Å². The summed E-state index contributed by atoms with van der Waals surface area (Å²) < 4.78 is 33.2. The van der Waals surface area contributed by atoms with E-state index in [1.165, 1.54) is 6.42 Å². The lowest BCUT2D eigenvalue weighted by atomic mass is 9.72. The summed E-state index contributed by atoms with van der Waals surface area (Å²) in [6.45, 7) is 6.78. The van der Waals surface area contributed by atoms with E-state index in [2.05, 4.69) is 13.2 Å². The molecule has 2 fully saturated rings. The van der Waals surface area contributed by atoms with Crippen molar-refractivity contribution in [1.82, 2.24) is 0 Å². The molecule has 0 radical (unpaired) electrons. The minimum atomic E-state index is -0.716. The van der Waals surface area contributed by atoms with Crippen LogP contribution in [0, 0.1) is 23.7 Å². The molecule has 2 aliphatic carbocycles. The summed E-state index contributed by atoms with van der Waals surface area (Å²) in [5.74, 6) is 1.32. The van der Waals surface area contributed by atoms with Gasteiger partial charge in [0, 0.05) is 25.0 Å². The summed E-state index contributed by atoms with van der Waals surface area (Å²) in [7, 11) is 0. The lowest BCUT2D eigenvalue weighted by Crippen LogP contribution is -2.32. The molecular formula is C41H52O10. The molecule has 0 spiro atoms. The Morgan fingerprint density at radius 2 is 0.902 bits per heavy atom. The fraction of sp³-hybridized carbons (Fsp3) is 0.512. The molecule has 2 atom stereocenters. The fourth-order valence-corrected chi connectivity index (χ4v) is 6.87. The Labute approximate surface area is 301 Å². The van der Waals surface area contributed by atoms with E-state index in [0.29, 0.717) is 36.2 Å². The molecule has 2 aromatic carbocycles. The van der Waals surface area contributed by atoms with Crippen molar-refractivity contribution in [2.75, 3.05) is 26.4 Å². The number of rotatable bonds is 20. The van der Waals surface area contributed by atoms with Crippen LogP contribution in [0.15, 0.2) is 86.0 Å². The Morgan fingerprint density at radius 3 is 1.25 bits per heavy atom. The van der Waals surface area contributed by atoms with Crippen LogP contribution in [0.25, 0.3) is 0 Å². The highest BCUT2D eigenvalue weighted by Crippen LogP contribution is 2.40. The number of ether oxygens (including phenoxy) is 6. The lowest BCUT2D eigenvalue weighted by Gasteiger charge is -2.34. The molecule has 4 rings (SSSR count). The van der Waals surface area contributed by atoms with Crippen LogP contribution >= 0.6 is 0 Å². The number of para-hydroxylation sites is 2. The van der Waals surface area contributed by atoms with E-state index in [1.54, 1.807) is 0 Å². The van der Waals surface area contributed by atoms with Gasteiger partial charge in [0.1, 0.15) is 37.9 Å². The maximum Gasteiger partial charge on any atom is 0.330 e. The molecule has 0 aliphatic heterocycles. The van der Waals surface area contributed by atoms with Gasteiger partial charge in [0.25, 0.3) is 0 Å². The summed E-state index contributed by atoms with van der Waals surface area (Å²) in [6.07, 6.45) is 10.8. The average molecular weight is 705 g/mol. The van der Waals surface area contributed by atoms with Crippen molar-refractivity contribution in [2.45, 2.75) is 82.8 Å². The van der Waals surface area contributed by atoms with Crippen molar-refractivity contribution in [3.8, 4) is 11.5 Å². The lowest BCUT2D eigenvalue weighted by molar-refractivity contribution is -0.160. The quantitative estimate of drug-likeness (QED) is 0.0794. The van der Waals surface area contributed by atoms with Crippen LogP contribution in [-0.2, 0) is 38.1 Å². The first-order chi connectivity index (χ1) is 24.8. The molecule has 276 valence electrons. The molecule has 0 N–H and O–H groups in total.